The van der Waals surface area contributed by atoms with Crippen LogP contribution in [0.5, 0.6) is 11.5 Å². The molecule has 0 spiro atoms. The van der Waals surface area contributed by atoms with Crippen molar-refractivity contribution in [3.8, 4) is 11.5 Å². The number of hydrogen-bond donors (Lipinski definition) is 0. The quantitative estimate of drug-likeness (QED) is 0.498. The van der Waals surface area contributed by atoms with Crippen molar-refractivity contribution in [1.82, 2.24) is 0 Å². The van der Waals surface area contributed by atoms with Gasteiger partial charge in [-0.15, -0.1) is 0 Å². The van der Waals surface area contributed by atoms with E-state index in [1.807, 2.05) is 36.4 Å². The van der Waals surface area contributed by atoms with Crippen LogP contribution in [0.3, 0.4) is 0 Å². The number of benzene rings is 3. The van der Waals surface area contributed by atoms with Gasteiger partial charge in [0.25, 0.3) is 0 Å². The van der Waals surface area contributed by atoms with Gasteiger partial charge < -0.3 is 14.2 Å². The summed E-state index contributed by atoms with van der Waals surface area (Å²) in [5, 5.41) is 0. The van der Waals surface area contributed by atoms with Crippen LogP contribution in [0.15, 0.2) is 84.1 Å². The molecule has 2 aliphatic heterocycles. The molecule has 0 fully saturated rings. The Balaban J connectivity index is 1.46. The number of ether oxygens (including phenoxy) is 3. The van der Waals surface area contributed by atoms with Crippen LogP contribution >= 0.6 is 0 Å². The average Bonchev–Trinajstić information content (AvgIpc) is 3.24. The van der Waals surface area contributed by atoms with Crippen LogP contribution in [0, 0.1) is 5.82 Å². The minimum atomic E-state index is -0.480. The van der Waals surface area contributed by atoms with Gasteiger partial charge in [-0.25, -0.2) is 9.18 Å². The van der Waals surface area contributed by atoms with E-state index < -0.39 is 17.7 Å². The van der Waals surface area contributed by atoms with Crippen LogP contribution in [-0.2, 0) is 20.9 Å². The minimum absolute atomic E-state index is 0.0107. The number of esters is 1. The third-order valence-corrected chi connectivity index (χ3v) is 6.03. The molecule has 34 heavy (non-hydrogen) atoms. The lowest BCUT2D eigenvalue weighted by Crippen LogP contribution is -2.37. The highest BCUT2D eigenvalue weighted by atomic mass is 19.1. The summed E-state index contributed by atoms with van der Waals surface area (Å²) in [7, 11) is 1.55. The molecule has 6 nitrogen and oxygen atoms in total. The zero-order valence-electron chi connectivity index (χ0n) is 18.5. The molecule has 0 aromatic heterocycles. The number of halogens is 1. The molecule has 1 amide bonds. The lowest BCUT2D eigenvalue weighted by Gasteiger charge is -2.32. The second kappa shape index (κ2) is 9.02. The molecular weight excluding hydrogens is 437 g/mol. The highest BCUT2D eigenvalue weighted by Gasteiger charge is 2.43. The zero-order valence-corrected chi connectivity index (χ0v) is 18.5. The van der Waals surface area contributed by atoms with Crippen molar-refractivity contribution in [2.24, 2.45) is 0 Å². The average molecular weight is 459 g/mol. The van der Waals surface area contributed by atoms with Crippen molar-refractivity contribution in [1.29, 1.82) is 0 Å². The van der Waals surface area contributed by atoms with Gasteiger partial charge in [0.15, 0.2) is 11.5 Å². The molecule has 0 aliphatic carbocycles. The van der Waals surface area contributed by atoms with Crippen LogP contribution in [0.4, 0.5) is 10.1 Å². The molecule has 2 heterocycles. The van der Waals surface area contributed by atoms with E-state index in [-0.39, 0.29) is 18.9 Å². The van der Waals surface area contributed by atoms with Crippen molar-refractivity contribution in [2.45, 2.75) is 18.9 Å². The number of carbonyl (C=O) groups excluding carboxylic acids is 2. The standard InChI is InChI=1S/C27H22FNO5/c1-32-24-13-18(7-12-23(24)33-15-17-5-3-2-4-6-17)21-14-25(30)29(20-10-8-19(28)9-11-20)22-16-34-27(31)26(21)22/h2-13,21H,14-16H2,1H3. The van der Waals surface area contributed by atoms with E-state index in [0.29, 0.717) is 35.1 Å². The lowest BCUT2D eigenvalue weighted by molar-refractivity contribution is -0.136. The van der Waals surface area contributed by atoms with Gasteiger partial charge in [-0.3, -0.25) is 9.69 Å². The Labute approximate surface area is 196 Å². The summed E-state index contributed by atoms with van der Waals surface area (Å²) >= 11 is 0. The Morgan fingerprint density at radius 3 is 2.50 bits per heavy atom. The molecule has 1 atom stereocenters. The number of cyclic esters (lactones) is 1. The number of amides is 1. The van der Waals surface area contributed by atoms with Gasteiger partial charge >= 0.3 is 5.97 Å². The predicted octanol–water partition coefficient (Wildman–Crippen LogP) is 4.74. The second-order valence-corrected chi connectivity index (χ2v) is 8.08. The van der Waals surface area contributed by atoms with E-state index in [0.717, 1.165) is 11.1 Å². The Morgan fingerprint density at radius 1 is 1.00 bits per heavy atom. The summed E-state index contributed by atoms with van der Waals surface area (Å²) in [4.78, 5) is 27.3. The molecule has 0 radical (unpaired) electrons. The molecule has 1 unspecified atom stereocenters. The summed E-state index contributed by atoms with van der Waals surface area (Å²) in [6.45, 7) is 0.371. The maximum absolute atomic E-state index is 13.4. The largest absolute Gasteiger partial charge is 0.493 e. The van der Waals surface area contributed by atoms with E-state index in [4.69, 9.17) is 14.2 Å². The lowest BCUT2D eigenvalue weighted by atomic mass is 9.84. The summed E-state index contributed by atoms with van der Waals surface area (Å²) in [6, 6.07) is 20.8. The minimum Gasteiger partial charge on any atom is -0.493 e. The first-order chi connectivity index (χ1) is 16.5. The number of rotatable bonds is 6. The third kappa shape index (κ3) is 4.01. The van der Waals surface area contributed by atoms with Gasteiger partial charge in [0.05, 0.1) is 18.4 Å². The fraction of sp³-hybridized carbons (Fsp3) is 0.185. The molecule has 0 bridgehead atoms. The molecule has 172 valence electrons. The smallest absolute Gasteiger partial charge is 0.336 e. The van der Waals surface area contributed by atoms with E-state index in [9.17, 15) is 14.0 Å². The fourth-order valence-corrected chi connectivity index (χ4v) is 4.38. The van der Waals surface area contributed by atoms with E-state index in [1.54, 1.807) is 19.2 Å². The van der Waals surface area contributed by atoms with Crippen molar-refractivity contribution in [2.75, 3.05) is 18.6 Å². The van der Waals surface area contributed by atoms with Crippen molar-refractivity contribution in [3.05, 3.63) is 101 Å². The Kier molecular flexibility index (Phi) is 5.76. The second-order valence-electron chi connectivity index (χ2n) is 8.08. The van der Waals surface area contributed by atoms with Gasteiger partial charge in [0.1, 0.15) is 19.0 Å². The van der Waals surface area contributed by atoms with Gasteiger partial charge in [0, 0.05) is 18.0 Å². The molecule has 5 rings (SSSR count). The Bertz CT molecular complexity index is 1270. The first kappa shape index (κ1) is 21.7. The Hall–Kier alpha value is -4.13. The summed E-state index contributed by atoms with van der Waals surface area (Å²) in [5.74, 6) is -0.462. The fourth-order valence-electron chi connectivity index (χ4n) is 4.38. The van der Waals surface area contributed by atoms with Gasteiger partial charge in [-0.1, -0.05) is 36.4 Å². The molecule has 0 N–H and O–H groups in total. The highest BCUT2D eigenvalue weighted by Crippen LogP contribution is 2.43. The van der Waals surface area contributed by atoms with Crippen LogP contribution in [-0.4, -0.2) is 25.6 Å². The zero-order chi connectivity index (χ0) is 23.7. The van der Waals surface area contributed by atoms with Crippen molar-refractivity contribution in [3.63, 3.8) is 0 Å². The molecule has 0 saturated carbocycles. The predicted molar refractivity (Wildman–Crippen MR) is 123 cm³/mol. The third-order valence-electron chi connectivity index (χ3n) is 6.03. The molecule has 7 heteroatoms. The van der Waals surface area contributed by atoms with Gasteiger partial charge in [0.2, 0.25) is 5.91 Å². The number of hydrogen-bond acceptors (Lipinski definition) is 5. The molecule has 2 aliphatic rings. The number of carbonyl (C=O) groups is 2. The summed E-state index contributed by atoms with van der Waals surface area (Å²) in [5.41, 5.74) is 3.20. The Morgan fingerprint density at radius 2 is 1.76 bits per heavy atom. The first-order valence-corrected chi connectivity index (χ1v) is 10.9. The van der Waals surface area contributed by atoms with E-state index in [1.165, 1.54) is 29.2 Å². The van der Waals surface area contributed by atoms with Gasteiger partial charge in [-0.2, -0.15) is 0 Å². The van der Waals surface area contributed by atoms with Crippen molar-refractivity contribution >= 4 is 17.6 Å². The molecule has 0 saturated heterocycles. The normalized spacial score (nSPS) is 17.5. The monoisotopic (exact) mass is 459 g/mol. The molecular formula is C27H22FNO5. The van der Waals surface area contributed by atoms with E-state index >= 15 is 0 Å². The van der Waals surface area contributed by atoms with Crippen LogP contribution in [0.2, 0.25) is 0 Å². The topological polar surface area (TPSA) is 65.1 Å². The SMILES string of the molecule is COc1cc(C2CC(=O)N(c3ccc(F)cc3)C3=C2C(=O)OC3)ccc1OCc1ccccc1. The van der Waals surface area contributed by atoms with E-state index in [2.05, 4.69) is 0 Å². The number of methoxy groups -OCH3 is 1. The van der Waals surface area contributed by atoms with Crippen LogP contribution < -0.4 is 14.4 Å². The molecule has 3 aromatic carbocycles. The summed E-state index contributed by atoms with van der Waals surface area (Å²) < 4.78 is 30.2. The highest BCUT2D eigenvalue weighted by molar-refractivity contribution is 6.06. The molecule has 3 aromatic rings. The maximum Gasteiger partial charge on any atom is 0.336 e. The van der Waals surface area contributed by atoms with Gasteiger partial charge in [-0.05, 0) is 47.5 Å². The van der Waals surface area contributed by atoms with Crippen LogP contribution in [0.1, 0.15) is 23.5 Å². The number of nitrogens with zero attached hydrogens (tertiary/aromatic N) is 1. The van der Waals surface area contributed by atoms with Crippen LogP contribution in [0.25, 0.3) is 0 Å². The number of anilines is 1. The first-order valence-electron chi connectivity index (χ1n) is 10.9. The van der Waals surface area contributed by atoms with Crippen molar-refractivity contribution < 1.29 is 28.2 Å². The summed E-state index contributed by atoms with van der Waals surface area (Å²) in [6.07, 6.45) is 0.0681. The maximum atomic E-state index is 13.4.